The van der Waals surface area contributed by atoms with Crippen molar-refractivity contribution in [3.8, 4) is 0 Å². The minimum Gasteiger partial charge on any atom is -0.362 e. The van der Waals surface area contributed by atoms with E-state index in [0.29, 0.717) is 6.17 Å². The number of hydrogen-bond donors (Lipinski definition) is 0. The number of hydrogen-bond acceptors (Lipinski definition) is 3. The molecule has 0 radical (unpaired) electrons. The molecule has 0 fully saturated rings. The van der Waals surface area contributed by atoms with E-state index < -0.39 is 0 Å². The third-order valence-corrected chi connectivity index (χ3v) is 2.72. The zero-order chi connectivity index (χ0) is 9.84. The van der Waals surface area contributed by atoms with Crippen molar-refractivity contribution in [1.82, 2.24) is 14.7 Å². The van der Waals surface area contributed by atoms with Crippen molar-refractivity contribution in [2.45, 2.75) is 26.9 Å². The maximum Gasteiger partial charge on any atom is 0.0905 e. The average molecular weight is 183 g/mol. The summed E-state index contributed by atoms with van der Waals surface area (Å²) in [4.78, 5) is 7.00. The molecule has 1 aliphatic heterocycles. The molecule has 1 unspecified atom stereocenters. The molecule has 1 aliphatic rings. The van der Waals surface area contributed by atoms with E-state index in [9.17, 15) is 0 Å². The summed E-state index contributed by atoms with van der Waals surface area (Å²) in [6.45, 7) is 9.93. The smallest absolute Gasteiger partial charge is 0.0905 e. The van der Waals surface area contributed by atoms with Crippen molar-refractivity contribution in [3.63, 3.8) is 0 Å². The van der Waals surface area contributed by atoms with E-state index >= 15 is 0 Å². The van der Waals surface area contributed by atoms with E-state index in [0.717, 1.165) is 19.8 Å². The monoisotopic (exact) mass is 183 g/mol. The summed E-state index contributed by atoms with van der Waals surface area (Å²) in [5, 5.41) is 0. The Morgan fingerprint density at radius 2 is 1.92 bits per heavy atom. The van der Waals surface area contributed by atoms with Gasteiger partial charge in [-0.2, -0.15) is 0 Å². The molecule has 1 atom stereocenters. The van der Waals surface area contributed by atoms with E-state index in [1.165, 1.54) is 0 Å². The second-order valence-corrected chi connectivity index (χ2v) is 3.56. The third-order valence-electron chi connectivity index (χ3n) is 2.72. The fourth-order valence-electron chi connectivity index (χ4n) is 1.76. The maximum atomic E-state index is 2.45. The van der Waals surface area contributed by atoms with E-state index in [2.05, 4.69) is 54.9 Å². The van der Waals surface area contributed by atoms with E-state index in [4.69, 9.17) is 0 Å². The van der Waals surface area contributed by atoms with Crippen LogP contribution in [0.1, 0.15) is 20.8 Å². The van der Waals surface area contributed by atoms with Gasteiger partial charge < -0.3 is 9.80 Å². The molecular formula is C10H21N3. The van der Waals surface area contributed by atoms with Crippen LogP contribution < -0.4 is 0 Å². The molecule has 13 heavy (non-hydrogen) atoms. The summed E-state index contributed by atoms with van der Waals surface area (Å²) in [7, 11) is 2.10. The molecule has 3 heteroatoms. The summed E-state index contributed by atoms with van der Waals surface area (Å²) in [6, 6.07) is 0. The van der Waals surface area contributed by atoms with Crippen LogP contribution in [0.25, 0.3) is 0 Å². The van der Waals surface area contributed by atoms with Crippen molar-refractivity contribution in [2.24, 2.45) is 0 Å². The second-order valence-electron chi connectivity index (χ2n) is 3.56. The van der Waals surface area contributed by atoms with Crippen LogP contribution >= 0.6 is 0 Å². The van der Waals surface area contributed by atoms with Crippen LogP contribution in [0, 0.1) is 0 Å². The SMILES string of the molecule is CCN(CC)C(C)N1C=CN(C)C1. The van der Waals surface area contributed by atoms with E-state index in [1.54, 1.807) is 0 Å². The van der Waals surface area contributed by atoms with Crippen molar-refractivity contribution >= 4 is 0 Å². The van der Waals surface area contributed by atoms with Gasteiger partial charge in [0.15, 0.2) is 0 Å². The predicted molar refractivity (Wildman–Crippen MR) is 56.0 cm³/mol. The molecule has 1 heterocycles. The Morgan fingerprint density at radius 3 is 2.31 bits per heavy atom. The van der Waals surface area contributed by atoms with E-state index in [-0.39, 0.29) is 0 Å². The highest BCUT2D eigenvalue weighted by molar-refractivity contribution is 4.91. The lowest BCUT2D eigenvalue weighted by Crippen LogP contribution is -2.44. The first-order chi connectivity index (χ1) is 6.19. The Morgan fingerprint density at radius 1 is 1.31 bits per heavy atom. The fraction of sp³-hybridized carbons (Fsp3) is 0.800. The van der Waals surface area contributed by atoms with Gasteiger partial charge in [-0.3, -0.25) is 4.90 Å². The molecular weight excluding hydrogens is 162 g/mol. The lowest BCUT2D eigenvalue weighted by molar-refractivity contribution is 0.0882. The first kappa shape index (κ1) is 10.4. The van der Waals surface area contributed by atoms with Gasteiger partial charge in [0.25, 0.3) is 0 Å². The van der Waals surface area contributed by atoms with Gasteiger partial charge in [-0.15, -0.1) is 0 Å². The number of nitrogens with zero attached hydrogens (tertiary/aromatic N) is 3. The van der Waals surface area contributed by atoms with Gasteiger partial charge in [-0.1, -0.05) is 13.8 Å². The summed E-state index contributed by atoms with van der Waals surface area (Å²) in [5.41, 5.74) is 0. The maximum absolute atomic E-state index is 2.45. The predicted octanol–water partition coefficient (Wildman–Crippen LogP) is 1.35. The lowest BCUT2D eigenvalue weighted by Gasteiger charge is -2.34. The van der Waals surface area contributed by atoms with Crippen molar-refractivity contribution < 1.29 is 0 Å². The molecule has 0 aliphatic carbocycles. The van der Waals surface area contributed by atoms with Gasteiger partial charge >= 0.3 is 0 Å². The Hall–Kier alpha value is -0.700. The first-order valence-electron chi connectivity index (χ1n) is 5.07. The zero-order valence-corrected chi connectivity index (χ0v) is 9.20. The Labute approximate surface area is 81.6 Å². The molecule has 0 aromatic heterocycles. The lowest BCUT2D eigenvalue weighted by atomic mass is 10.4. The molecule has 76 valence electrons. The van der Waals surface area contributed by atoms with Crippen LogP contribution in [0.3, 0.4) is 0 Å². The van der Waals surface area contributed by atoms with E-state index in [1.807, 2.05) is 0 Å². The molecule has 0 saturated heterocycles. The van der Waals surface area contributed by atoms with Crippen LogP contribution in [0.5, 0.6) is 0 Å². The van der Waals surface area contributed by atoms with Crippen LogP contribution in [0.15, 0.2) is 12.4 Å². The molecule has 0 amide bonds. The van der Waals surface area contributed by atoms with Gasteiger partial charge in [-0.25, -0.2) is 0 Å². The summed E-state index contributed by atoms with van der Waals surface area (Å²) < 4.78 is 0. The molecule has 1 rings (SSSR count). The van der Waals surface area contributed by atoms with Crippen LogP contribution in [-0.4, -0.2) is 47.7 Å². The van der Waals surface area contributed by atoms with Gasteiger partial charge in [0.1, 0.15) is 0 Å². The minimum absolute atomic E-state index is 0.510. The third kappa shape index (κ3) is 2.37. The highest BCUT2D eigenvalue weighted by Gasteiger charge is 2.19. The molecule has 0 N–H and O–H groups in total. The van der Waals surface area contributed by atoms with Gasteiger partial charge in [-0.05, 0) is 20.0 Å². The summed E-state index contributed by atoms with van der Waals surface area (Å²) >= 11 is 0. The molecule has 0 spiro atoms. The quantitative estimate of drug-likeness (QED) is 0.651. The fourth-order valence-corrected chi connectivity index (χ4v) is 1.76. The largest absolute Gasteiger partial charge is 0.362 e. The Balaban J connectivity index is 2.47. The Kier molecular flexibility index (Phi) is 3.60. The second kappa shape index (κ2) is 4.51. The van der Waals surface area contributed by atoms with Gasteiger partial charge in [0.2, 0.25) is 0 Å². The standard InChI is InChI=1S/C10H21N3/c1-5-12(6-2)10(3)13-8-7-11(4)9-13/h7-8,10H,5-6,9H2,1-4H3. The number of rotatable bonds is 4. The molecule has 0 bridgehead atoms. The summed E-state index contributed by atoms with van der Waals surface area (Å²) in [6.07, 6.45) is 4.80. The molecule has 0 aromatic carbocycles. The van der Waals surface area contributed by atoms with Crippen LogP contribution in [0.2, 0.25) is 0 Å². The summed E-state index contributed by atoms with van der Waals surface area (Å²) in [5.74, 6) is 0. The highest BCUT2D eigenvalue weighted by atomic mass is 15.4. The first-order valence-corrected chi connectivity index (χ1v) is 5.07. The zero-order valence-electron chi connectivity index (χ0n) is 9.20. The molecule has 3 nitrogen and oxygen atoms in total. The molecule has 0 aromatic rings. The average Bonchev–Trinajstić information content (AvgIpc) is 2.54. The van der Waals surface area contributed by atoms with Crippen molar-refractivity contribution in [2.75, 3.05) is 26.8 Å². The van der Waals surface area contributed by atoms with Crippen molar-refractivity contribution in [1.29, 1.82) is 0 Å². The topological polar surface area (TPSA) is 9.72 Å². The van der Waals surface area contributed by atoms with Gasteiger partial charge in [0.05, 0.1) is 12.8 Å². The van der Waals surface area contributed by atoms with Crippen molar-refractivity contribution in [3.05, 3.63) is 12.4 Å². The Bertz CT molecular complexity index is 175. The minimum atomic E-state index is 0.510. The highest BCUT2D eigenvalue weighted by Crippen LogP contribution is 2.11. The van der Waals surface area contributed by atoms with Crippen LogP contribution in [-0.2, 0) is 0 Å². The molecule has 0 saturated carbocycles. The normalized spacial score (nSPS) is 18.8. The van der Waals surface area contributed by atoms with Gasteiger partial charge in [0, 0.05) is 19.4 Å². The van der Waals surface area contributed by atoms with Crippen LogP contribution in [0.4, 0.5) is 0 Å².